The zero-order chi connectivity index (χ0) is 12.8. The van der Waals surface area contributed by atoms with Gasteiger partial charge in [-0.05, 0) is 64.7 Å². The fourth-order valence-electron chi connectivity index (χ4n) is 3.07. The lowest BCUT2D eigenvalue weighted by molar-refractivity contribution is -0.133. The summed E-state index contributed by atoms with van der Waals surface area (Å²) in [5, 5.41) is 3.25. The summed E-state index contributed by atoms with van der Waals surface area (Å²) in [6.07, 6.45) is 6.13. The number of hydrogen-bond donors (Lipinski definition) is 1. The molecule has 0 atom stereocenters. The van der Waals surface area contributed by atoms with E-state index in [0.29, 0.717) is 12.5 Å². The van der Waals surface area contributed by atoms with E-state index in [1.165, 1.54) is 32.1 Å². The summed E-state index contributed by atoms with van der Waals surface area (Å²) in [4.78, 5) is 16.5. The van der Waals surface area contributed by atoms with E-state index in [1.807, 2.05) is 7.05 Å². The molecule has 0 aliphatic carbocycles. The minimum Gasteiger partial charge on any atom is -0.342 e. The van der Waals surface area contributed by atoms with Gasteiger partial charge in [0, 0.05) is 13.1 Å². The van der Waals surface area contributed by atoms with E-state index in [1.54, 1.807) is 0 Å². The maximum Gasteiger partial charge on any atom is 0.236 e. The molecule has 2 fully saturated rings. The van der Waals surface area contributed by atoms with Crippen molar-refractivity contribution in [2.75, 3.05) is 46.3 Å². The molecule has 0 radical (unpaired) electrons. The van der Waals surface area contributed by atoms with Gasteiger partial charge in [0.15, 0.2) is 0 Å². The number of carbonyl (C=O) groups excluding carboxylic acids is 1. The van der Waals surface area contributed by atoms with Crippen molar-refractivity contribution in [1.29, 1.82) is 0 Å². The lowest BCUT2D eigenvalue weighted by atomic mass is 9.97. The van der Waals surface area contributed by atoms with Crippen molar-refractivity contribution >= 4 is 5.91 Å². The van der Waals surface area contributed by atoms with Gasteiger partial charge in [-0.25, -0.2) is 0 Å². The van der Waals surface area contributed by atoms with Gasteiger partial charge in [-0.2, -0.15) is 0 Å². The summed E-state index contributed by atoms with van der Waals surface area (Å²) in [6.45, 7) is 5.90. The molecule has 4 heteroatoms. The highest BCUT2D eigenvalue weighted by Crippen LogP contribution is 2.17. The Morgan fingerprint density at radius 2 is 1.78 bits per heavy atom. The number of carbonyl (C=O) groups is 1. The van der Waals surface area contributed by atoms with Crippen molar-refractivity contribution in [3.8, 4) is 0 Å². The Morgan fingerprint density at radius 1 is 1.11 bits per heavy atom. The minimum atomic E-state index is 0.349. The van der Waals surface area contributed by atoms with E-state index in [-0.39, 0.29) is 0 Å². The Bertz CT molecular complexity index is 256. The summed E-state index contributed by atoms with van der Waals surface area (Å²) < 4.78 is 0. The molecular weight excluding hydrogens is 226 g/mol. The van der Waals surface area contributed by atoms with Gasteiger partial charge < -0.3 is 10.2 Å². The molecule has 0 aromatic heterocycles. The Kier molecular flexibility index (Phi) is 5.45. The van der Waals surface area contributed by atoms with Crippen molar-refractivity contribution in [3.63, 3.8) is 0 Å². The van der Waals surface area contributed by atoms with Crippen LogP contribution in [0.4, 0.5) is 0 Å². The predicted octanol–water partition coefficient (Wildman–Crippen LogP) is 0.930. The van der Waals surface area contributed by atoms with E-state index < -0.39 is 0 Å². The van der Waals surface area contributed by atoms with Gasteiger partial charge in [-0.15, -0.1) is 0 Å². The third-order valence-corrected chi connectivity index (χ3v) is 4.27. The van der Waals surface area contributed by atoms with Crippen molar-refractivity contribution in [1.82, 2.24) is 15.1 Å². The van der Waals surface area contributed by atoms with Crippen molar-refractivity contribution < 1.29 is 4.79 Å². The van der Waals surface area contributed by atoms with Crippen LogP contribution in [0.15, 0.2) is 0 Å². The average Bonchev–Trinajstić information content (AvgIpc) is 2.42. The number of likely N-dealkylation sites (tertiary alicyclic amines) is 2. The molecule has 1 N–H and O–H groups in total. The molecule has 104 valence electrons. The van der Waals surface area contributed by atoms with Gasteiger partial charge >= 0.3 is 0 Å². The molecule has 0 spiro atoms. The van der Waals surface area contributed by atoms with Crippen LogP contribution in [0.1, 0.15) is 32.1 Å². The molecule has 0 aromatic carbocycles. The normalized spacial score (nSPS) is 23.3. The lowest BCUT2D eigenvalue weighted by Gasteiger charge is -2.34. The van der Waals surface area contributed by atoms with Crippen LogP contribution in [0, 0.1) is 5.92 Å². The van der Waals surface area contributed by atoms with Crippen LogP contribution in [0.2, 0.25) is 0 Å². The molecule has 0 unspecified atom stereocenters. The number of amides is 1. The first-order valence-electron chi connectivity index (χ1n) is 7.44. The molecule has 2 rings (SSSR count). The monoisotopic (exact) mass is 253 g/mol. The van der Waals surface area contributed by atoms with Crippen molar-refractivity contribution in [2.45, 2.75) is 32.1 Å². The van der Waals surface area contributed by atoms with Crippen LogP contribution in [-0.4, -0.2) is 62.0 Å². The zero-order valence-corrected chi connectivity index (χ0v) is 11.7. The van der Waals surface area contributed by atoms with Crippen LogP contribution in [0.5, 0.6) is 0 Å². The van der Waals surface area contributed by atoms with Crippen molar-refractivity contribution in [2.24, 2.45) is 5.92 Å². The molecule has 2 aliphatic heterocycles. The van der Waals surface area contributed by atoms with Crippen LogP contribution in [0.3, 0.4) is 0 Å². The fraction of sp³-hybridized carbons (Fsp3) is 0.929. The SMILES string of the molecule is CNCC1CCN(CC(=O)N2CCCCC2)CC1. The van der Waals surface area contributed by atoms with Gasteiger partial charge in [-0.1, -0.05) is 0 Å². The first kappa shape index (κ1) is 13.8. The molecule has 2 heterocycles. The molecule has 2 aliphatic rings. The standard InChI is InChI=1S/C14H27N3O/c1-15-11-13-5-9-16(10-6-13)12-14(18)17-7-3-2-4-8-17/h13,15H,2-12H2,1H3. The number of nitrogens with one attached hydrogen (secondary N) is 1. The molecule has 4 nitrogen and oxygen atoms in total. The van der Waals surface area contributed by atoms with Crippen LogP contribution in [0.25, 0.3) is 0 Å². The molecular formula is C14H27N3O. The summed E-state index contributed by atoms with van der Waals surface area (Å²) in [6, 6.07) is 0. The largest absolute Gasteiger partial charge is 0.342 e. The minimum absolute atomic E-state index is 0.349. The lowest BCUT2D eigenvalue weighted by Crippen LogP contribution is -2.45. The summed E-state index contributed by atoms with van der Waals surface area (Å²) in [5.41, 5.74) is 0. The summed E-state index contributed by atoms with van der Waals surface area (Å²) in [7, 11) is 2.02. The van der Waals surface area contributed by atoms with Crippen molar-refractivity contribution in [3.05, 3.63) is 0 Å². The van der Waals surface area contributed by atoms with Gasteiger partial charge in [0.1, 0.15) is 0 Å². The quantitative estimate of drug-likeness (QED) is 0.809. The Balaban J connectivity index is 1.68. The second-order valence-electron chi connectivity index (χ2n) is 5.72. The first-order chi connectivity index (χ1) is 8.79. The topological polar surface area (TPSA) is 35.6 Å². The Labute approximate surface area is 111 Å². The number of hydrogen-bond acceptors (Lipinski definition) is 3. The average molecular weight is 253 g/mol. The summed E-state index contributed by atoms with van der Waals surface area (Å²) in [5.74, 6) is 1.15. The molecule has 18 heavy (non-hydrogen) atoms. The third-order valence-electron chi connectivity index (χ3n) is 4.27. The predicted molar refractivity (Wildman–Crippen MR) is 73.5 cm³/mol. The number of piperidine rings is 2. The molecule has 0 saturated carbocycles. The van der Waals surface area contributed by atoms with Crippen LogP contribution < -0.4 is 5.32 Å². The van der Waals surface area contributed by atoms with Crippen LogP contribution >= 0.6 is 0 Å². The van der Waals surface area contributed by atoms with Gasteiger partial charge in [-0.3, -0.25) is 9.69 Å². The van der Waals surface area contributed by atoms with E-state index in [0.717, 1.165) is 38.6 Å². The highest BCUT2D eigenvalue weighted by molar-refractivity contribution is 5.78. The third kappa shape index (κ3) is 3.95. The van der Waals surface area contributed by atoms with Crippen LogP contribution in [-0.2, 0) is 4.79 Å². The fourth-order valence-corrected chi connectivity index (χ4v) is 3.07. The van der Waals surface area contributed by atoms with E-state index >= 15 is 0 Å². The zero-order valence-electron chi connectivity index (χ0n) is 11.7. The number of rotatable bonds is 4. The molecule has 0 aromatic rings. The second kappa shape index (κ2) is 7.10. The smallest absolute Gasteiger partial charge is 0.236 e. The Hall–Kier alpha value is -0.610. The highest BCUT2D eigenvalue weighted by atomic mass is 16.2. The second-order valence-corrected chi connectivity index (χ2v) is 5.72. The maximum atomic E-state index is 12.1. The highest BCUT2D eigenvalue weighted by Gasteiger charge is 2.23. The first-order valence-corrected chi connectivity index (χ1v) is 7.44. The molecule has 0 bridgehead atoms. The molecule has 1 amide bonds. The van der Waals surface area contributed by atoms with Gasteiger partial charge in [0.2, 0.25) is 5.91 Å². The van der Waals surface area contributed by atoms with E-state index in [4.69, 9.17) is 0 Å². The van der Waals surface area contributed by atoms with E-state index in [9.17, 15) is 4.79 Å². The van der Waals surface area contributed by atoms with Gasteiger partial charge in [0.05, 0.1) is 6.54 Å². The van der Waals surface area contributed by atoms with Gasteiger partial charge in [0.25, 0.3) is 0 Å². The number of nitrogens with zero attached hydrogens (tertiary/aromatic N) is 2. The maximum absolute atomic E-state index is 12.1. The Morgan fingerprint density at radius 3 is 2.39 bits per heavy atom. The summed E-state index contributed by atoms with van der Waals surface area (Å²) >= 11 is 0. The van der Waals surface area contributed by atoms with E-state index in [2.05, 4.69) is 15.1 Å². The molecule has 2 saturated heterocycles.